The van der Waals surface area contributed by atoms with Crippen molar-refractivity contribution in [1.29, 1.82) is 10.5 Å². The monoisotopic (exact) mass is 348 g/mol. The lowest BCUT2D eigenvalue weighted by Gasteiger charge is -2.10. The molecule has 5 nitrogen and oxygen atoms in total. The molecule has 1 aromatic heterocycles. The summed E-state index contributed by atoms with van der Waals surface area (Å²) in [4.78, 5) is 14.1. The fourth-order valence-electron chi connectivity index (χ4n) is 1.80. The number of nitrogens with two attached hydrogens (primary N) is 1. The molecule has 0 radical (unpaired) electrons. The van der Waals surface area contributed by atoms with Crippen LogP contribution in [0.4, 0.5) is 5.82 Å². The van der Waals surface area contributed by atoms with E-state index < -0.39 is 5.56 Å². The van der Waals surface area contributed by atoms with Crippen molar-refractivity contribution in [2.75, 3.05) is 5.73 Å². The lowest BCUT2D eigenvalue weighted by Crippen LogP contribution is -2.16. The summed E-state index contributed by atoms with van der Waals surface area (Å²) >= 11 is 9.39. The van der Waals surface area contributed by atoms with Crippen molar-refractivity contribution >= 4 is 33.3 Å². The van der Waals surface area contributed by atoms with Gasteiger partial charge in [-0.1, -0.05) is 33.6 Å². The molecule has 0 aliphatic heterocycles. The van der Waals surface area contributed by atoms with Crippen molar-refractivity contribution in [1.82, 2.24) is 4.98 Å². The Hall–Kier alpha value is -2.28. The second-order valence-corrected chi connectivity index (χ2v) is 5.16. The van der Waals surface area contributed by atoms with Gasteiger partial charge in [-0.2, -0.15) is 10.5 Å². The number of halogens is 2. The van der Waals surface area contributed by atoms with Gasteiger partial charge in [-0.05, 0) is 12.1 Å². The summed E-state index contributed by atoms with van der Waals surface area (Å²) in [6.45, 7) is 0. The molecule has 0 bridgehead atoms. The van der Waals surface area contributed by atoms with E-state index in [2.05, 4.69) is 20.9 Å². The summed E-state index contributed by atoms with van der Waals surface area (Å²) < 4.78 is 0.737. The predicted octanol–water partition coefficient (Wildman–Crippen LogP) is 2.78. The molecule has 0 aliphatic rings. The molecular weight excluding hydrogens is 344 g/mol. The minimum absolute atomic E-state index is 0.0189. The van der Waals surface area contributed by atoms with Gasteiger partial charge in [-0.3, -0.25) is 4.79 Å². The zero-order valence-electron chi connectivity index (χ0n) is 9.87. The number of nitriles is 2. The Labute approximate surface area is 127 Å². The van der Waals surface area contributed by atoms with Crippen LogP contribution in [-0.4, -0.2) is 4.98 Å². The van der Waals surface area contributed by atoms with Gasteiger partial charge in [0, 0.05) is 20.6 Å². The third-order valence-electron chi connectivity index (χ3n) is 2.67. The summed E-state index contributed by atoms with van der Waals surface area (Å²) in [7, 11) is 0. The van der Waals surface area contributed by atoms with E-state index in [0.29, 0.717) is 10.6 Å². The first kappa shape index (κ1) is 14.1. The number of anilines is 1. The number of nitrogens with one attached hydrogen (secondary N) is 1. The number of aromatic nitrogens is 1. The topological polar surface area (TPSA) is 106 Å². The Bertz CT molecular complexity index is 845. The number of hydrogen-bond donors (Lipinski definition) is 2. The van der Waals surface area contributed by atoms with Crippen LogP contribution in [0.1, 0.15) is 11.1 Å². The minimum atomic E-state index is -0.655. The van der Waals surface area contributed by atoms with Crippen LogP contribution in [0.15, 0.2) is 27.5 Å². The molecular formula is C13H6BrClN4O. The molecule has 0 spiro atoms. The fraction of sp³-hybridized carbons (Fsp3) is 0. The van der Waals surface area contributed by atoms with E-state index >= 15 is 0 Å². The van der Waals surface area contributed by atoms with Crippen LogP contribution < -0.4 is 11.3 Å². The smallest absolute Gasteiger partial charge is 0.268 e. The van der Waals surface area contributed by atoms with Gasteiger partial charge < -0.3 is 10.7 Å². The molecule has 0 amide bonds. The van der Waals surface area contributed by atoms with Crippen LogP contribution >= 0.6 is 27.5 Å². The number of H-pyrrole nitrogens is 1. The maximum atomic E-state index is 11.8. The van der Waals surface area contributed by atoms with Crippen molar-refractivity contribution in [3.63, 3.8) is 0 Å². The minimum Gasteiger partial charge on any atom is -0.384 e. The van der Waals surface area contributed by atoms with Crippen molar-refractivity contribution in [3.05, 3.63) is 49.2 Å². The van der Waals surface area contributed by atoms with E-state index in [-0.39, 0.29) is 22.5 Å². The molecule has 1 heterocycles. The Kier molecular flexibility index (Phi) is 3.80. The number of aromatic amines is 1. The second-order valence-electron chi connectivity index (χ2n) is 3.84. The third kappa shape index (κ3) is 2.27. The first-order chi connectivity index (χ1) is 9.49. The summed E-state index contributed by atoms with van der Waals surface area (Å²) in [5, 5.41) is 18.7. The number of pyridine rings is 1. The van der Waals surface area contributed by atoms with Gasteiger partial charge in [-0.15, -0.1) is 0 Å². The lowest BCUT2D eigenvalue weighted by atomic mass is 9.97. The third-order valence-corrected chi connectivity index (χ3v) is 3.47. The van der Waals surface area contributed by atoms with E-state index in [4.69, 9.17) is 22.6 Å². The summed E-state index contributed by atoms with van der Waals surface area (Å²) in [6.07, 6.45) is 0. The number of benzene rings is 1. The standard InChI is InChI=1S/C13H6BrClN4O/c14-6-1-2-7(10(15)3-6)11-8(4-16)12(18)19-13(20)9(11)5-17/h1-3H,(H3,18,19,20). The molecule has 0 fully saturated rings. The Morgan fingerprint density at radius 1 is 1.25 bits per heavy atom. The molecule has 3 N–H and O–H groups in total. The summed E-state index contributed by atoms with van der Waals surface area (Å²) in [6, 6.07) is 8.59. The summed E-state index contributed by atoms with van der Waals surface area (Å²) in [5.41, 5.74) is 5.35. The van der Waals surface area contributed by atoms with Gasteiger partial charge in [0.05, 0.1) is 0 Å². The highest BCUT2D eigenvalue weighted by atomic mass is 79.9. The number of rotatable bonds is 1. The maximum Gasteiger partial charge on any atom is 0.268 e. The molecule has 0 saturated carbocycles. The molecule has 1 aromatic carbocycles. The van der Waals surface area contributed by atoms with Crippen LogP contribution in [-0.2, 0) is 0 Å². The van der Waals surface area contributed by atoms with E-state index in [1.165, 1.54) is 0 Å². The van der Waals surface area contributed by atoms with Crippen LogP contribution in [0.5, 0.6) is 0 Å². The fourth-order valence-corrected chi connectivity index (χ4v) is 2.57. The molecule has 20 heavy (non-hydrogen) atoms. The second kappa shape index (κ2) is 5.38. The first-order valence-corrected chi connectivity index (χ1v) is 6.48. The van der Waals surface area contributed by atoms with Gasteiger partial charge >= 0.3 is 0 Å². The van der Waals surface area contributed by atoms with Gasteiger partial charge in [0.15, 0.2) is 0 Å². The highest BCUT2D eigenvalue weighted by molar-refractivity contribution is 9.10. The molecule has 7 heteroatoms. The van der Waals surface area contributed by atoms with Gasteiger partial charge in [0.25, 0.3) is 5.56 Å². The van der Waals surface area contributed by atoms with Crippen molar-refractivity contribution < 1.29 is 0 Å². The quantitative estimate of drug-likeness (QED) is 0.825. The Morgan fingerprint density at radius 2 is 1.90 bits per heavy atom. The normalized spacial score (nSPS) is 9.80. The molecule has 2 rings (SSSR count). The first-order valence-electron chi connectivity index (χ1n) is 5.31. The molecule has 0 atom stereocenters. The lowest BCUT2D eigenvalue weighted by molar-refractivity contribution is 1.21. The largest absolute Gasteiger partial charge is 0.384 e. The zero-order valence-corrected chi connectivity index (χ0v) is 12.2. The van der Waals surface area contributed by atoms with Crippen molar-refractivity contribution in [3.8, 4) is 23.3 Å². The molecule has 0 unspecified atom stereocenters. The highest BCUT2D eigenvalue weighted by Crippen LogP contribution is 2.34. The highest BCUT2D eigenvalue weighted by Gasteiger charge is 2.19. The average molecular weight is 350 g/mol. The molecule has 98 valence electrons. The number of nitrogen functional groups attached to an aromatic ring is 1. The average Bonchev–Trinajstić information content (AvgIpc) is 2.38. The van der Waals surface area contributed by atoms with Crippen LogP contribution in [0.3, 0.4) is 0 Å². The molecule has 0 saturated heterocycles. The van der Waals surface area contributed by atoms with Crippen molar-refractivity contribution in [2.24, 2.45) is 0 Å². The van der Waals surface area contributed by atoms with E-state index in [0.717, 1.165) is 4.47 Å². The van der Waals surface area contributed by atoms with E-state index in [9.17, 15) is 10.1 Å². The van der Waals surface area contributed by atoms with Crippen LogP contribution in [0.25, 0.3) is 11.1 Å². The van der Waals surface area contributed by atoms with Crippen molar-refractivity contribution in [2.45, 2.75) is 0 Å². The maximum absolute atomic E-state index is 11.8. The SMILES string of the molecule is N#Cc1c(N)[nH]c(=O)c(C#N)c1-c1ccc(Br)cc1Cl. The van der Waals surface area contributed by atoms with E-state index in [1.54, 1.807) is 24.3 Å². The van der Waals surface area contributed by atoms with Gasteiger partial charge in [-0.25, -0.2) is 0 Å². The molecule has 2 aromatic rings. The Morgan fingerprint density at radius 3 is 2.45 bits per heavy atom. The number of nitrogens with zero attached hydrogens (tertiary/aromatic N) is 2. The zero-order chi connectivity index (χ0) is 14.9. The predicted molar refractivity (Wildman–Crippen MR) is 79.1 cm³/mol. The molecule has 0 aliphatic carbocycles. The Balaban J connectivity index is 2.97. The van der Waals surface area contributed by atoms with Crippen LogP contribution in [0, 0.1) is 22.7 Å². The van der Waals surface area contributed by atoms with E-state index in [1.807, 2.05) is 6.07 Å². The number of hydrogen-bond acceptors (Lipinski definition) is 4. The van der Waals surface area contributed by atoms with Gasteiger partial charge in [0.2, 0.25) is 0 Å². The van der Waals surface area contributed by atoms with Crippen LogP contribution in [0.2, 0.25) is 5.02 Å². The van der Waals surface area contributed by atoms with Gasteiger partial charge in [0.1, 0.15) is 29.1 Å². The summed E-state index contributed by atoms with van der Waals surface area (Å²) in [5.74, 6) is -0.0921.